The van der Waals surface area contributed by atoms with E-state index in [0.29, 0.717) is 29.1 Å². The van der Waals surface area contributed by atoms with Crippen LogP contribution in [0.15, 0.2) is 34.2 Å². The highest BCUT2D eigenvalue weighted by Gasteiger charge is 2.23. The summed E-state index contributed by atoms with van der Waals surface area (Å²) in [6, 6.07) is 3.96. The number of ether oxygens (including phenoxy) is 1. The number of aliphatic hydroxyl groups is 1. The van der Waals surface area contributed by atoms with Crippen LogP contribution in [0.4, 0.5) is 0 Å². The molecule has 0 aliphatic heterocycles. The van der Waals surface area contributed by atoms with Gasteiger partial charge in [-0.15, -0.1) is 11.3 Å². The zero-order valence-electron chi connectivity index (χ0n) is 13.9. The van der Waals surface area contributed by atoms with Gasteiger partial charge in [-0.05, 0) is 25.1 Å². The Bertz CT molecular complexity index is 935. The smallest absolute Gasteiger partial charge is 0.256 e. The largest absolute Gasteiger partial charge is 0.486 e. The Morgan fingerprint density at radius 2 is 2.27 bits per heavy atom. The lowest BCUT2D eigenvalue weighted by molar-refractivity contribution is -0.120. The highest BCUT2D eigenvalue weighted by Crippen LogP contribution is 2.29. The third-order valence-corrected chi connectivity index (χ3v) is 4.49. The third-order valence-electron chi connectivity index (χ3n) is 3.74. The lowest BCUT2D eigenvalue weighted by Gasteiger charge is -2.12. The number of carbonyl (C=O) groups excluding carboxylic acids is 2. The van der Waals surface area contributed by atoms with Gasteiger partial charge in [-0.1, -0.05) is 0 Å². The molecule has 1 atom stereocenters. The first kappa shape index (κ1) is 17.9. The van der Waals surface area contributed by atoms with Crippen LogP contribution in [0.3, 0.4) is 0 Å². The number of furan rings is 1. The van der Waals surface area contributed by atoms with Gasteiger partial charge >= 0.3 is 0 Å². The Hall–Kier alpha value is -2.91. The number of nitrogens with zero attached hydrogens (tertiary/aromatic N) is 1. The van der Waals surface area contributed by atoms with Gasteiger partial charge in [0.1, 0.15) is 34.7 Å². The molecule has 26 heavy (non-hydrogen) atoms. The van der Waals surface area contributed by atoms with E-state index < -0.39 is 24.5 Å². The summed E-state index contributed by atoms with van der Waals surface area (Å²) < 4.78 is 11.3. The second kappa shape index (κ2) is 7.54. The Labute approximate surface area is 152 Å². The van der Waals surface area contributed by atoms with Crippen LogP contribution < -0.4 is 15.8 Å². The summed E-state index contributed by atoms with van der Waals surface area (Å²) in [5.74, 6) is -0.443. The Morgan fingerprint density at radius 3 is 2.92 bits per heavy atom. The van der Waals surface area contributed by atoms with Crippen LogP contribution >= 0.6 is 11.3 Å². The van der Waals surface area contributed by atoms with Gasteiger partial charge in [0, 0.05) is 17.0 Å². The zero-order chi connectivity index (χ0) is 18.7. The summed E-state index contributed by atoms with van der Waals surface area (Å²) in [7, 11) is 0. The van der Waals surface area contributed by atoms with Gasteiger partial charge in [0.25, 0.3) is 5.91 Å². The van der Waals surface area contributed by atoms with Gasteiger partial charge in [-0.3, -0.25) is 9.59 Å². The van der Waals surface area contributed by atoms with Crippen molar-refractivity contribution in [2.75, 3.05) is 6.61 Å². The molecule has 0 fully saturated rings. The fraction of sp³-hybridized carbons (Fsp3) is 0.235. The highest BCUT2D eigenvalue weighted by atomic mass is 32.1. The Morgan fingerprint density at radius 1 is 1.46 bits per heavy atom. The van der Waals surface area contributed by atoms with Crippen molar-refractivity contribution in [2.24, 2.45) is 5.73 Å². The average molecular weight is 375 g/mol. The normalized spacial score (nSPS) is 12.1. The SMILES string of the molecule is Cc1oc2ccc(OCc3nccs3)cc2c1C(=O)N[C@@H](CO)C(N)=O. The fourth-order valence-corrected chi connectivity index (χ4v) is 3.01. The number of hydrogen-bond acceptors (Lipinski definition) is 7. The van der Waals surface area contributed by atoms with E-state index in [4.69, 9.17) is 20.0 Å². The van der Waals surface area contributed by atoms with E-state index in [2.05, 4.69) is 10.3 Å². The summed E-state index contributed by atoms with van der Waals surface area (Å²) in [5, 5.41) is 14.8. The Balaban J connectivity index is 1.87. The third kappa shape index (κ3) is 3.68. The average Bonchev–Trinajstić information content (AvgIpc) is 3.23. The summed E-state index contributed by atoms with van der Waals surface area (Å²) in [6.07, 6.45) is 1.70. The van der Waals surface area contributed by atoms with Crippen molar-refractivity contribution in [3.63, 3.8) is 0 Å². The summed E-state index contributed by atoms with van der Waals surface area (Å²) in [4.78, 5) is 27.9. The molecule has 8 nitrogen and oxygen atoms in total. The van der Waals surface area contributed by atoms with E-state index in [0.717, 1.165) is 5.01 Å². The minimum absolute atomic E-state index is 0.263. The number of hydrogen-bond donors (Lipinski definition) is 3. The van der Waals surface area contributed by atoms with Crippen LogP contribution in [0, 0.1) is 6.92 Å². The van der Waals surface area contributed by atoms with E-state index in [1.54, 1.807) is 31.3 Å². The molecule has 136 valence electrons. The molecular formula is C17H17N3O5S. The van der Waals surface area contributed by atoms with Crippen molar-refractivity contribution < 1.29 is 23.8 Å². The molecule has 1 aromatic carbocycles. The molecule has 0 saturated heterocycles. The Kier molecular flexibility index (Phi) is 5.19. The summed E-state index contributed by atoms with van der Waals surface area (Å²) in [6.45, 7) is 1.37. The summed E-state index contributed by atoms with van der Waals surface area (Å²) in [5.41, 5.74) is 5.92. The van der Waals surface area contributed by atoms with Gasteiger partial charge in [-0.25, -0.2) is 4.98 Å². The zero-order valence-corrected chi connectivity index (χ0v) is 14.7. The predicted octanol–water partition coefficient (Wildman–Crippen LogP) is 1.35. The standard InChI is InChI=1S/C17H17N3O5S/c1-9-15(17(23)20-12(7-21)16(18)22)11-6-10(2-3-13(11)25-9)24-8-14-19-4-5-26-14/h2-6,12,21H,7-8H2,1H3,(H2,18,22)(H,20,23)/t12-/m0/s1. The van der Waals surface area contributed by atoms with Gasteiger partial charge in [0.15, 0.2) is 0 Å². The molecule has 0 bridgehead atoms. The molecule has 0 spiro atoms. The number of nitrogens with two attached hydrogens (primary N) is 1. The quantitative estimate of drug-likeness (QED) is 0.572. The molecule has 2 heterocycles. The van der Waals surface area contributed by atoms with Crippen LogP contribution in [-0.2, 0) is 11.4 Å². The van der Waals surface area contributed by atoms with Crippen LogP contribution in [0.2, 0.25) is 0 Å². The maximum Gasteiger partial charge on any atom is 0.256 e. The van der Waals surface area contributed by atoms with E-state index in [1.807, 2.05) is 5.38 Å². The molecule has 2 aromatic heterocycles. The highest BCUT2D eigenvalue weighted by molar-refractivity contribution is 7.09. The molecule has 0 aliphatic carbocycles. The summed E-state index contributed by atoms with van der Waals surface area (Å²) >= 11 is 1.48. The number of fused-ring (bicyclic) bond motifs is 1. The number of nitrogens with one attached hydrogen (secondary N) is 1. The molecule has 4 N–H and O–H groups in total. The molecule has 0 unspecified atom stereocenters. The number of aliphatic hydroxyl groups excluding tert-OH is 1. The second-order valence-corrected chi connectivity index (χ2v) is 6.50. The van der Waals surface area contributed by atoms with Crippen LogP contribution in [-0.4, -0.2) is 34.6 Å². The van der Waals surface area contributed by atoms with Crippen molar-refractivity contribution in [1.29, 1.82) is 0 Å². The number of thiazole rings is 1. The van der Waals surface area contributed by atoms with Crippen molar-refractivity contribution >= 4 is 34.1 Å². The number of primary amides is 1. The number of benzene rings is 1. The van der Waals surface area contributed by atoms with Crippen molar-refractivity contribution in [2.45, 2.75) is 19.6 Å². The number of aryl methyl sites for hydroxylation is 1. The lowest BCUT2D eigenvalue weighted by atomic mass is 10.1. The number of amides is 2. The molecule has 0 radical (unpaired) electrons. The maximum atomic E-state index is 12.5. The monoisotopic (exact) mass is 375 g/mol. The van der Waals surface area contributed by atoms with Crippen LogP contribution in [0.25, 0.3) is 11.0 Å². The molecule has 9 heteroatoms. The van der Waals surface area contributed by atoms with Crippen molar-refractivity contribution in [3.05, 3.63) is 46.1 Å². The fourth-order valence-electron chi connectivity index (χ4n) is 2.48. The van der Waals surface area contributed by atoms with Gasteiger partial charge in [-0.2, -0.15) is 0 Å². The van der Waals surface area contributed by atoms with Gasteiger partial charge < -0.3 is 25.3 Å². The first-order valence-corrected chi connectivity index (χ1v) is 8.63. The van der Waals surface area contributed by atoms with E-state index in [9.17, 15) is 9.59 Å². The van der Waals surface area contributed by atoms with Crippen LogP contribution in [0.5, 0.6) is 5.75 Å². The number of rotatable bonds is 7. The van der Waals surface area contributed by atoms with E-state index >= 15 is 0 Å². The van der Waals surface area contributed by atoms with Gasteiger partial charge in [0.2, 0.25) is 5.91 Å². The topological polar surface area (TPSA) is 128 Å². The first-order valence-electron chi connectivity index (χ1n) is 7.75. The minimum Gasteiger partial charge on any atom is -0.486 e. The maximum absolute atomic E-state index is 12.5. The molecule has 2 amide bonds. The molecule has 3 aromatic rings. The first-order chi connectivity index (χ1) is 12.5. The van der Waals surface area contributed by atoms with E-state index in [-0.39, 0.29) is 5.56 Å². The van der Waals surface area contributed by atoms with Gasteiger partial charge in [0.05, 0.1) is 12.2 Å². The minimum atomic E-state index is -1.17. The number of carbonyl (C=O) groups is 2. The molecular weight excluding hydrogens is 358 g/mol. The predicted molar refractivity (Wildman–Crippen MR) is 94.9 cm³/mol. The lowest BCUT2D eigenvalue weighted by Crippen LogP contribution is -2.46. The molecule has 3 rings (SSSR count). The van der Waals surface area contributed by atoms with Crippen LogP contribution in [0.1, 0.15) is 21.1 Å². The molecule has 0 aliphatic rings. The van der Waals surface area contributed by atoms with Crippen molar-refractivity contribution in [1.82, 2.24) is 10.3 Å². The molecule has 0 saturated carbocycles. The number of aromatic nitrogens is 1. The second-order valence-electron chi connectivity index (χ2n) is 5.52. The van der Waals surface area contributed by atoms with E-state index in [1.165, 1.54) is 11.3 Å². The van der Waals surface area contributed by atoms with Crippen molar-refractivity contribution in [3.8, 4) is 5.75 Å².